The zero-order valence-electron chi connectivity index (χ0n) is 24.3. The van der Waals surface area contributed by atoms with Crippen LogP contribution in [0.15, 0.2) is 66.4 Å². The molecule has 1 aliphatic carbocycles. The third-order valence-corrected chi connectivity index (χ3v) is 12.0. The SMILES string of the molecule is CN(c1ccccc1)c1nc(C(C)(C)C)c(C2=C(O)C(c3[se]c(N(C)c4ccccc4)nc3C(C)(C)C)C2=O)[se]1. The van der Waals surface area contributed by atoms with Crippen LogP contribution in [0.4, 0.5) is 20.8 Å². The van der Waals surface area contributed by atoms with Gasteiger partial charge in [-0.2, -0.15) is 0 Å². The topological polar surface area (TPSA) is 69.6 Å². The molecule has 208 valence electrons. The van der Waals surface area contributed by atoms with Gasteiger partial charge in [0.25, 0.3) is 0 Å². The van der Waals surface area contributed by atoms with E-state index >= 15 is 0 Å². The molecule has 5 rings (SSSR count). The number of carbonyl (C=O) groups is 1. The number of hydrogen-bond donors (Lipinski definition) is 1. The Morgan fingerprint density at radius 1 is 0.725 bits per heavy atom. The molecule has 0 fully saturated rings. The number of rotatable bonds is 6. The van der Waals surface area contributed by atoms with Crippen molar-refractivity contribution in [3.05, 3.63) is 86.7 Å². The van der Waals surface area contributed by atoms with Gasteiger partial charge in [-0.25, -0.2) is 0 Å². The van der Waals surface area contributed by atoms with Crippen LogP contribution in [0.3, 0.4) is 0 Å². The minimum atomic E-state index is -0.630. The second kappa shape index (κ2) is 10.5. The van der Waals surface area contributed by atoms with E-state index in [9.17, 15) is 9.90 Å². The molecule has 0 saturated heterocycles. The van der Waals surface area contributed by atoms with Crippen LogP contribution in [0, 0.1) is 0 Å². The van der Waals surface area contributed by atoms with E-state index in [-0.39, 0.29) is 51.4 Å². The molecule has 40 heavy (non-hydrogen) atoms. The van der Waals surface area contributed by atoms with Crippen LogP contribution in [0.25, 0.3) is 5.57 Å². The van der Waals surface area contributed by atoms with Gasteiger partial charge in [-0.3, -0.25) is 0 Å². The summed E-state index contributed by atoms with van der Waals surface area (Å²) in [6, 6.07) is 20.3. The maximum absolute atomic E-state index is 14.0. The number of aliphatic hydroxyl groups is 1. The molecule has 0 saturated carbocycles. The van der Waals surface area contributed by atoms with E-state index in [0.717, 1.165) is 41.0 Å². The predicted octanol–water partition coefficient (Wildman–Crippen LogP) is 6.36. The van der Waals surface area contributed by atoms with E-state index in [1.54, 1.807) is 0 Å². The number of aliphatic hydroxyl groups excluding tert-OH is 1. The molecular weight excluding hydrogens is 630 g/mol. The Bertz CT molecular complexity index is 1570. The van der Waals surface area contributed by atoms with Crippen molar-refractivity contribution in [2.24, 2.45) is 0 Å². The fourth-order valence-electron chi connectivity index (χ4n) is 4.78. The Balaban J connectivity index is 1.58. The zero-order chi connectivity index (χ0) is 29.0. The number of anilines is 4. The molecule has 0 radical (unpaired) electrons. The molecule has 8 heteroatoms. The Morgan fingerprint density at radius 3 is 1.62 bits per heavy atom. The standard InChI is InChI=1S/C32H36N4O2Se2/c1-31(2,3)27-25(39-29(33-27)35(7)19-15-11-9-12-16-19)21-23(37)22(24(21)38)26-28(32(4,5)6)34-30(40-26)36(8)20-17-13-10-14-18-20/h9-18,21,37H,1-8H3. The molecule has 2 aromatic carbocycles. The van der Waals surface area contributed by atoms with Gasteiger partial charge >= 0.3 is 250 Å². The molecule has 0 spiro atoms. The Hall–Kier alpha value is -2.89. The van der Waals surface area contributed by atoms with Gasteiger partial charge in [0.15, 0.2) is 0 Å². The number of aromatic nitrogens is 2. The van der Waals surface area contributed by atoms with Crippen molar-refractivity contribution in [2.75, 3.05) is 23.9 Å². The fourth-order valence-corrected chi connectivity index (χ4v) is 10.4. The van der Waals surface area contributed by atoms with Crippen LogP contribution in [0.1, 0.15) is 67.7 Å². The first kappa shape index (κ1) is 28.6. The van der Waals surface area contributed by atoms with Crippen molar-refractivity contribution in [1.29, 1.82) is 0 Å². The molecule has 1 atom stereocenters. The summed E-state index contributed by atoms with van der Waals surface area (Å²) in [6.45, 7) is 12.7. The number of ketones is 1. The van der Waals surface area contributed by atoms with Gasteiger partial charge in [0, 0.05) is 0 Å². The van der Waals surface area contributed by atoms with Gasteiger partial charge in [-0.15, -0.1) is 0 Å². The average Bonchev–Trinajstić information content (AvgIpc) is 3.54. The zero-order valence-corrected chi connectivity index (χ0v) is 27.7. The monoisotopic (exact) mass is 668 g/mol. The van der Waals surface area contributed by atoms with Crippen molar-refractivity contribution in [3.63, 3.8) is 0 Å². The van der Waals surface area contributed by atoms with Gasteiger partial charge in [0.2, 0.25) is 0 Å². The number of allylic oxidation sites excluding steroid dienone is 2. The van der Waals surface area contributed by atoms with Crippen LogP contribution < -0.4 is 9.80 Å². The van der Waals surface area contributed by atoms with E-state index in [2.05, 4.69) is 75.6 Å². The Morgan fingerprint density at radius 2 is 1.18 bits per heavy atom. The first-order chi connectivity index (χ1) is 18.8. The molecule has 1 unspecified atom stereocenters. The van der Waals surface area contributed by atoms with E-state index in [4.69, 9.17) is 9.97 Å². The van der Waals surface area contributed by atoms with Crippen LogP contribution >= 0.6 is 0 Å². The summed E-state index contributed by atoms with van der Waals surface area (Å²) in [5.74, 6) is -0.456. The van der Waals surface area contributed by atoms with Crippen molar-refractivity contribution in [3.8, 4) is 0 Å². The van der Waals surface area contributed by atoms with Crippen LogP contribution in [0.5, 0.6) is 0 Å². The summed E-state index contributed by atoms with van der Waals surface area (Å²) in [5.41, 5.74) is 3.86. The van der Waals surface area contributed by atoms with Gasteiger partial charge in [0.05, 0.1) is 0 Å². The minimum absolute atomic E-state index is 0.00706. The molecule has 2 aromatic heterocycles. The van der Waals surface area contributed by atoms with Crippen molar-refractivity contribution in [1.82, 2.24) is 9.97 Å². The van der Waals surface area contributed by atoms with Crippen molar-refractivity contribution >= 4 is 61.1 Å². The normalized spacial score (nSPS) is 15.8. The molecular formula is C32H36N4O2Se2. The predicted molar refractivity (Wildman–Crippen MR) is 166 cm³/mol. The van der Waals surface area contributed by atoms with Gasteiger partial charge < -0.3 is 0 Å². The summed E-state index contributed by atoms with van der Waals surface area (Å²) >= 11 is -0.404. The Kier molecular flexibility index (Phi) is 7.52. The van der Waals surface area contributed by atoms with Gasteiger partial charge in [-0.1, -0.05) is 0 Å². The van der Waals surface area contributed by atoms with Crippen LogP contribution in [0.2, 0.25) is 0 Å². The number of nitrogens with zero attached hydrogens (tertiary/aromatic N) is 4. The molecule has 4 aromatic rings. The number of para-hydroxylation sites is 2. The molecule has 2 heterocycles. The molecule has 0 bridgehead atoms. The van der Waals surface area contributed by atoms with Crippen LogP contribution in [-0.4, -0.2) is 64.0 Å². The average molecular weight is 667 g/mol. The molecule has 6 nitrogen and oxygen atoms in total. The van der Waals surface area contributed by atoms with E-state index in [0.29, 0.717) is 5.57 Å². The number of hydrogen-bond acceptors (Lipinski definition) is 6. The summed E-state index contributed by atoms with van der Waals surface area (Å²) in [5, 5.41) is 11.6. The Labute approximate surface area is 248 Å². The third-order valence-electron chi connectivity index (χ3n) is 7.07. The van der Waals surface area contributed by atoms with E-state index in [1.807, 2.05) is 50.5 Å². The van der Waals surface area contributed by atoms with Crippen LogP contribution in [-0.2, 0) is 15.6 Å². The summed E-state index contributed by atoms with van der Waals surface area (Å²) in [7, 11) is 4.04. The molecule has 0 amide bonds. The second-order valence-corrected chi connectivity index (χ2v) is 16.4. The molecule has 0 aliphatic heterocycles. The van der Waals surface area contributed by atoms with Gasteiger partial charge in [0.1, 0.15) is 0 Å². The summed E-state index contributed by atoms with van der Waals surface area (Å²) < 4.78 is 3.75. The first-order valence-electron chi connectivity index (χ1n) is 13.4. The third kappa shape index (κ3) is 5.14. The quantitative estimate of drug-likeness (QED) is 0.242. The number of carbonyl (C=O) groups excluding carboxylic acids is 1. The van der Waals surface area contributed by atoms with E-state index in [1.165, 1.54) is 0 Å². The second-order valence-electron chi connectivity index (χ2n) is 12.2. The number of benzene rings is 2. The first-order valence-corrected chi connectivity index (χ1v) is 16.8. The van der Waals surface area contributed by atoms with Gasteiger partial charge in [-0.05, 0) is 0 Å². The maximum atomic E-state index is 14.0. The molecule has 1 aliphatic rings. The van der Waals surface area contributed by atoms with Crippen molar-refractivity contribution < 1.29 is 9.90 Å². The fraction of sp³-hybridized carbons (Fsp3) is 0.344. The summed E-state index contributed by atoms with van der Waals surface area (Å²) in [6.07, 6.45) is 0. The van der Waals surface area contributed by atoms with Crippen molar-refractivity contribution in [2.45, 2.75) is 58.3 Å². The number of Topliss-reactive ketones (excluding diaryl/α,β-unsaturated/α-hetero) is 1. The summed E-state index contributed by atoms with van der Waals surface area (Å²) in [4.78, 5) is 28.3. The molecule has 1 N–H and O–H groups in total. The van der Waals surface area contributed by atoms with E-state index < -0.39 is 5.92 Å².